The lowest BCUT2D eigenvalue weighted by atomic mass is 9.82. The largest absolute Gasteiger partial charge is 0.364 e. The van der Waals surface area contributed by atoms with Crippen LogP contribution in [0.3, 0.4) is 0 Å². The Balaban J connectivity index is 1.57. The van der Waals surface area contributed by atoms with E-state index in [-0.39, 0.29) is 11.3 Å². The molecular formula is C16H20N2O2. The van der Waals surface area contributed by atoms with E-state index >= 15 is 0 Å². The molecule has 1 amide bonds. The number of hydrogen-bond donors (Lipinski definition) is 1. The summed E-state index contributed by atoms with van der Waals surface area (Å²) in [5.41, 5.74) is 0.928. The Morgan fingerprint density at radius 2 is 1.90 bits per heavy atom. The van der Waals surface area contributed by atoms with E-state index in [1.165, 1.54) is 25.3 Å². The smallest absolute Gasteiger partial charge is 0.259 e. The normalized spacial score (nSPS) is 34.5. The first-order chi connectivity index (χ1) is 9.63. The molecular weight excluding hydrogens is 252 g/mol. The second-order valence-corrected chi connectivity index (χ2v) is 6.77. The first kappa shape index (κ1) is 12.2. The van der Waals surface area contributed by atoms with Gasteiger partial charge < -0.3 is 9.88 Å². The molecule has 1 N–H and O–H groups in total. The van der Waals surface area contributed by atoms with Gasteiger partial charge >= 0.3 is 0 Å². The van der Waals surface area contributed by atoms with Crippen molar-refractivity contribution in [3.8, 4) is 0 Å². The van der Waals surface area contributed by atoms with E-state index in [4.69, 9.17) is 0 Å². The Labute approximate surface area is 118 Å². The minimum atomic E-state index is -0.161. The number of nitrogens with one attached hydrogen (secondary N) is 1. The van der Waals surface area contributed by atoms with E-state index in [9.17, 15) is 9.59 Å². The first-order valence-electron chi connectivity index (χ1n) is 7.62. The Bertz CT molecular complexity index is 603. The monoisotopic (exact) mass is 272 g/mol. The van der Waals surface area contributed by atoms with E-state index in [1.807, 2.05) is 11.8 Å². The zero-order valence-corrected chi connectivity index (χ0v) is 11.8. The number of nitrogens with zero attached hydrogens (tertiary/aromatic N) is 1. The molecule has 3 fully saturated rings. The van der Waals surface area contributed by atoms with Crippen LogP contribution in [0.4, 0.5) is 0 Å². The molecule has 4 heteroatoms. The van der Waals surface area contributed by atoms with Gasteiger partial charge in [-0.2, -0.15) is 0 Å². The molecule has 2 bridgehead atoms. The van der Waals surface area contributed by atoms with Crippen LogP contribution in [-0.2, 0) is 0 Å². The summed E-state index contributed by atoms with van der Waals surface area (Å²) in [6.07, 6.45) is 5.64. The highest BCUT2D eigenvalue weighted by atomic mass is 16.2. The Hall–Kier alpha value is -1.58. The van der Waals surface area contributed by atoms with Crippen molar-refractivity contribution in [2.45, 2.75) is 26.2 Å². The first-order valence-corrected chi connectivity index (χ1v) is 7.62. The summed E-state index contributed by atoms with van der Waals surface area (Å²) in [6.45, 7) is 3.55. The number of hydrogen-bond acceptors (Lipinski definition) is 2. The van der Waals surface area contributed by atoms with Crippen molar-refractivity contribution >= 4 is 5.91 Å². The van der Waals surface area contributed by atoms with E-state index in [0.29, 0.717) is 17.4 Å². The van der Waals surface area contributed by atoms with Gasteiger partial charge in [0, 0.05) is 31.0 Å². The number of amides is 1. The van der Waals surface area contributed by atoms with Crippen LogP contribution in [0, 0.1) is 30.6 Å². The number of aromatic nitrogens is 1. The van der Waals surface area contributed by atoms with Gasteiger partial charge in [0.25, 0.3) is 5.91 Å². The Morgan fingerprint density at radius 1 is 1.25 bits per heavy atom. The molecule has 4 atom stereocenters. The van der Waals surface area contributed by atoms with Crippen molar-refractivity contribution in [2.75, 3.05) is 13.1 Å². The third kappa shape index (κ3) is 1.67. The van der Waals surface area contributed by atoms with Crippen molar-refractivity contribution in [1.82, 2.24) is 9.88 Å². The van der Waals surface area contributed by atoms with E-state index in [1.54, 1.807) is 6.20 Å². The lowest BCUT2D eigenvalue weighted by Crippen LogP contribution is -2.33. The minimum Gasteiger partial charge on any atom is -0.364 e. The fourth-order valence-corrected chi connectivity index (χ4v) is 4.76. The lowest BCUT2D eigenvalue weighted by molar-refractivity contribution is 0.0774. The minimum absolute atomic E-state index is 0.0833. The number of rotatable bonds is 1. The van der Waals surface area contributed by atoms with Crippen LogP contribution in [0.25, 0.3) is 0 Å². The van der Waals surface area contributed by atoms with E-state index < -0.39 is 0 Å². The molecule has 20 heavy (non-hydrogen) atoms. The van der Waals surface area contributed by atoms with Crippen LogP contribution >= 0.6 is 0 Å². The molecule has 2 saturated carbocycles. The molecule has 0 spiro atoms. The van der Waals surface area contributed by atoms with Gasteiger partial charge in [-0.25, -0.2) is 0 Å². The number of fused-ring (bicyclic) bond motifs is 5. The molecule has 0 aromatic carbocycles. The highest BCUT2D eigenvalue weighted by molar-refractivity contribution is 5.94. The molecule has 4 rings (SSSR count). The maximum Gasteiger partial charge on any atom is 0.259 e. The third-order valence-electron chi connectivity index (χ3n) is 5.71. The Morgan fingerprint density at radius 3 is 2.50 bits per heavy atom. The number of aromatic amines is 1. The van der Waals surface area contributed by atoms with Crippen molar-refractivity contribution in [3.63, 3.8) is 0 Å². The van der Waals surface area contributed by atoms with Crippen LogP contribution in [0.5, 0.6) is 0 Å². The number of aryl methyl sites for hydroxylation is 1. The predicted molar refractivity (Wildman–Crippen MR) is 75.5 cm³/mol. The van der Waals surface area contributed by atoms with Gasteiger partial charge in [0.15, 0.2) is 5.43 Å². The molecule has 1 aromatic heterocycles. The SMILES string of the molecule is Cc1cc(=O)c(C(=O)N2C[C@@H]3[C@@H]4CC[C@@H](C4)[C@@H]3C2)c[nH]1. The van der Waals surface area contributed by atoms with Crippen LogP contribution < -0.4 is 5.43 Å². The van der Waals surface area contributed by atoms with Gasteiger partial charge in [-0.15, -0.1) is 0 Å². The van der Waals surface area contributed by atoms with E-state index in [2.05, 4.69) is 4.98 Å². The number of carbonyl (C=O) groups excluding carboxylic acids is 1. The molecule has 3 aliphatic rings. The Kier molecular flexibility index (Phi) is 2.56. The van der Waals surface area contributed by atoms with Gasteiger partial charge in [0.05, 0.1) is 0 Å². The molecule has 1 saturated heterocycles. The van der Waals surface area contributed by atoms with Crippen molar-refractivity contribution in [2.24, 2.45) is 23.7 Å². The summed E-state index contributed by atoms with van der Waals surface area (Å²) in [4.78, 5) is 29.4. The summed E-state index contributed by atoms with van der Waals surface area (Å²) >= 11 is 0. The molecule has 2 aliphatic carbocycles. The number of H-pyrrole nitrogens is 1. The third-order valence-corrected chi connectivity index (χ3v) is 5.71. The summed E-state index contributed by atoms with van der Waals surface area (Å²) < 4.78 is 0. The zero-order valence-electron chi connectivity index (χ0n) is 11.8. The van der Waals surface area contributed by atoms with Crippen molar-refractivity contribution in [3.05, 3.63) is 33.7 Å². The van der Waals surface area contributed by atoms with Crippen LogP contribution in [0.1, 0.15) is 35.3 Å². The van der Waals surface area contributed by atoms with Gasteiger partial charge in [-0.3, -0.25) is 9.59 Å². The van der Waals surface area contributed by atoms with Crippen LogP contribution in [0.15, 0.2) is 17.1 Å². The molecule has 0 unspecified atom stereocenters. The van der Waals surface area contributed by atoms with Crippen LogP contribution in [-0.4, -0.2) is 28.9 Å². The van der Waals surface area contributed by atoms with Crippen LogP contribution in [0.2, 0.25) is 0 Å². The average molecular weight is 272 g/mol. The van der Waals surface area contributed by atoms with Crippen molar-refractivity contribution < 1.29 is 4.79 Å². The van der Waals surface area contributed by atoms with Gasteiger partial charge in [-0.1, -0.05) is 0 Å². The van der Waals surface area contributed by atoms with Gasteiger partial charge in [0.1, 0.15) is 5.56 Å². The fraction of sp³-hybridized carbons (Fsp3) is 0.625. The number of pyridine rings is 1. The van der Waals surface area contributed by atoms with E-state index in [0.717, 1.165) is 30.6 Å². The second kappa shape index (κ2) is 4.21. The number of carbonyl (C=O) groups is 1. The quantitative estimate of drug-likeness (QED) is 0.847. The predicted octanol–water partition coefficient (Wildman–Crippen LogP) is 1.80. The molecule has 1 aliphatic heterocycles. The topological polar surface area (TPSA) is 53.2 Å². The summed E-state index contributed by atoms with van der Waals surface area (Å²) in [5, 5.41) is 0. The molecule has 106 valence electrons. The number of likely N-dealkylation sites (tertiary alicyclic amines) is 1. The second-order valence-electron chi connectivity index (χ2n) is 6.77. The maximum atomic E-state index is 12.5. The highest BCUT2D eigenvalue weighted by Gasteiger charge is 2.52. The molecule has 1 aromatic rings. The van der Waals surface area contributed by atoms with Crippen molar-refractivity contribution in [1.29, 1.82) is 0 Å². The maximum absolute atomic E-state index is 12.5. The van der Waals surface area contributed by atoms with Gasteiger partial charge in [0.2, 0.25) is 0 Å². The summed E-state index contributed by atoms with van der Waals surface area (Å²) in [7, 11) is 0. The molecule has 0 radical (unpaired) electrons. The lowest BCUT2D eigenvalue weighted by Gasteiger charge is -2.22. The van der Waals surface area contributed by atoms with Gasteiger partial charge in [-0.05, 0) is 49.9 Å². The average Bonchev–Trinajstić information content (AvgIpc) is 3.10. The summed E-state index contributed by atoms with van der Waals surface area (Å²) in [5.74, 6) is 2.97. The molecule has 4 nitrogen and oxygen atoms in total. The fourth-order valence-electron chi connectivity index (χ4n) is 4.76. The molecule has 2 heterocycles. The summed E-state index contributed by atoms with van der Waals surface area (Å²) in [6, 6.07) is 1.51. The highest BCUT2D eigenvalue weighted by Crippen LogP contribution is 2.55. The standard InChI is InChI=1S/C16H20N2O2/c1-9-4-15(19)12(6-17-9)16(20)18-7-13-10-2-3-11(5-10)14(13)8-18/h4,6,10-11,13-14H,2-3,5,7-8H2,1H3,(H,17,19)/t10-,11+,13-,14+. The zero-order chi connectivity index (χ0) is 13.9.